The highest BCUT2D eigenvalue weighted by atomic mass is 16.6. The zero-order valence-corrected chi connectivity index (χ0v) is 19.9. The number of ether oxygens (including phenoxy) is 1. The molecule has 0 unspecified atom stereocenters. The Morgan fingerprint density at radius 1 is 1.14 bits per heavy atom. The van der Waals surface area contributed by atoms with Crippen molar-refractivity contribution in [2.45, 2.75) is 33.7 Å². The van der Waals surface area contributed by atoms with Crippen LogP contribution in [0.4, 0.5) is 5.69 Å². The maximum atomic E-state index is 13.4. The number of aromatic nitrogens is 3. The van der Waals surface area contributed by atoms with Gasteiger partial charge >= 0.3 is 5.97 Å². The third-order valence-corrected chi connectivity index (χ3v) is 5.58. The number of nitro benzene ring substituents is 1. The van der Waals surface area contributed by atoms with Crippen LogP contribution in [0.15, 0.2) is 58.4 Å². The molecule has 36 heavy (non-hydrogen) atoms. The zero-order chi connectivity index (χ0) is 26.0. The minimum atomic E-state index is -0.742. The molecule has 0 N–H and O–H groups in total. The summed E-state index contributed by atoms with van der Waals surface area (Å²) in [5.74, 6) is -1.46. The van der Waals surface area contributed by atoms with E-state index < -0.39 is 16.8 Å². The molecule has 0 aliphatic rings. The van der Waals surface area contributed by atoms with Crippen LogP contribution in [0.5, 0.6) is 0 Å². The highest BCUT2D eigenvalue weighted by Crippen LogP contribution is 2.15. The molecule has 0 aliphatic heterocycles. The van der Waals surface area contributed by atoms with Crippen LogP contribution in [-0.4, -0.2) is 37.4 Å². The molecule has 0 radical (unpaired) electrons. The lowest BCUT2D eigenvalue weighted by Crippen LogP contribution is -2.32. The smallest absolute Gasteiger partial charge is 0.341 e. The number of rotatable bonds is 6. The Hall–Kier alpha value is -4.67. The van der Waals surface area contributed by atoms with Crippen molar-refractivity contribution in [1.82, 2.24) is 14.0 Å². The topological polar surface area (TPSA) is 138 Å². The van der Waals surface area contributed by atoms with Crippen LogP contribution in [0.1, 0.15) is 46.5 Å². The van der Waals surface area contributed by atoms with Crippen LogP contribution in [-0.2, 0) is 11.3 Å². The number of nitro groups is 1. The molecule has 0 fully saturated rings. The number of benzene rings is 1. The van der Waals surface area contributed by atoms with E-state index in [-0.39, 0.29) is 45.5 Å². The molecular weight excluding hydrogens is 466 g/mol. The average Bonchev–Trinajstić information content (AvgIpc) is 2.86. The Labute approximate surface area is 204 Å². The molecule has 184 valence electrons. The van der Waals surface area contributed by atoms with Crippen molar-refractivity contribution >= 4 is 34.2 Å². The van der Waals surface area contributed by atoms with E-state index in [1.807, 2.05) is 19.9 Å². The number of hydrogen-bond acceptors (Lipinski definition) is 7. The number of carbonyl (C=O) groups excluding carboxylic acids is 2. The first-order valence-electron chi connectivity index (χ1n) is 11.3. The van der Waals surface area contributed by atoms with Gasteiger partial charge in [-0.1, -0.05) is 13.0 Å². The summed E-state index contributed by atoms with van der Waals surface area (Å²) in [5.41, 5.74) is 0.988. The molecule has 4 rings (SSSR count). The summed E-state index contributed by atoms with van der Waals surface area (Å²) in [6.07, 6.45) is 2.19. The van der Waals surface area contributed by atoms with E-state index >= 15 is 0 Å². The minimum Gasteiger partial charge on any atom is -0.462 e. The van der Waals surface area contributed by atoms with Crippen molar-refractivity contribution < 1.29 is 19.2 Å². The molecule has 3 aromatic heterocycles. The molecule has 1 aromatic carbocycles. The van der Waals surface area contributed by atoms with Crippen molar-refractivity contribution in [3.63, 3.8) is 0 Å². The lowest BCUT2D eigenvalue weighted by Gasteiger charge is -2.15. The number of aryl methyl sites for hydroxylation is 2. The van der Waals surface area contributed by atoms with E-state index in [9.17, 15) is 24.5 Å². The summed E-state index contributed by atoms with van der Waals surface area (Å²) in [7, 11) is 0. The molecule has 0 saturated carbocycles. The fourth-order valence-corrected chi connectivity index (χ4v) is 3.89. The Morgan fingerprint density at radius 3 is 2.50 bits per heavy atom. The maximum Gasteiger partial charge on any atom is 0.341 e. The van der Waals surface area contributed by atoms with Gasteiger partial charge in [-0.15, -0.1) is 0 Å². The van der Waals surface area contributed by atoms with E-state index in [4.69, 9.17) is 9.72 Å². The monoisotopic (exact) mass is 489 g/mol. The Bertz CT molecular complexity index is 1650. The second-order valence-corrected chi connectivity index (χ2v) is 8.01. The van der Waals surface area contributed by atoms with Gasteiger partial charge in [0.25, 0.3) is 17.2 Å². The molecule has 0 bridgehead atoms. The SMILES string of the molecule is CCCn1c(=NC(=O)c2ccc([N+](=O)[O-])cc2)c(C(=O)OCC)cc2c(=O)n3cccc(C)c3nc21. The first-order valence-corrected chi connectivity index (χ1v) is 11.3. The zero-order valence-electron chi connectivity index (χ0n) is 19.9. The van der Waals surface area contributed by atoms with Crippen molar-refractivity contribution in [3.8, 4) is 0 Å². The molecule has 4 aromatic rings. The van der Waals surface area contributed by atoms with Crippen molar-refractivity contribution in [1.29, 1.82) is 0 Å². The highest BCUT2D eigenvalue weighted by molar-refractivity contribution is 5.97. The number of carbonyl (C=O) groups is 2. The predicted octanol–water partition coefficient (Wildman–Crippen LogP) is 3.19. The minimum absolute atomic E-state index is 0.00372. The Morgan fingerprint density at radius 2 is 1.86 bits per heavy atom. The van der Waals surface area contributed by atoms with Gasteiger partial charge < -0.3 is 9.30 Å². The van der Waals surface area contributed by atoms with Gasteiger partial charge in [0.15, 0.2) is 5.49 Å². The molecule has 3 heterocycles. The fourth-order valence-electron chi connectivity index (χ4n) is 3.89. The molecule has 0 aliphatic carbocycles. The fraction of sp³-hybridized carbons (Fsp3) is 0.240. The normalized spacial score (nSPS) is 11.7. The van der Waals surface area contributed by atoms with Crippen molar-refractivity contribution in [3.05, 3.63) is 91.3 Å². The first-order chi connectivity index (χ1) is 17.3. The molecule has 11 heteroatoms. The first kappa shape index (κ1) is 24.5. The van der Waals surface area contributed by atoms with Gasteiger partial charge in [-0.25, -0.2) is 9.78 Å². The molecule has 11 nitrogen and oxygen atoms in total. The summed E-state index contributed by atoms with van der Waals surface area (Å²) in [5, 5.41) is 11.1. The van der Waals surface area contributed by atoms with Crippen LogP contribution in [0.3, 0.4) is 0 Å². The lowest BCUT2D eigenvalue weighted by atomic mass is 10.1. The van der Waals surface area contributed by atoms with Gasteiger partial charge in [-0.3, -0.25) is 24.1 Å². The number of pyridine rings is 2. The Kier molecular flexibility index (Phi) is 6.73. The molecule has 1 amide bonds. The standard InChI is InChI=1S/C25H23N5O6/c1-4-12-28-21-18(24(32)29-13-6-7-15(3)20(29)26-21)14-19(25(33)36-5-2)22(28)27-23(31)16-8-10-17(11-9-16)30(34)35/h6-11,13-14H,4-5,12H2,1-3H3. The third kappa shape index (κ3) is 4.38. The summed E-state index contributed by atoms with van der Waals surface area (Å²) >= 11 is 0. The number of amides is 1. The molecule has 0 atom stereocenters. The van der Waals surface area contributed by atoms with Crippen LogP contribution in [0.2, 0.25) is 0 Å². The summed E-state index contributed by atoms with van der Waals surface area (Å²) in [6, 6.07) is 9.90. The second kappa shape index (κ2) is 9.90. The van der Waals surface area contributed by atoms with Gasteiger partial charge in [-0.2, -0.15) is 4.99 Å². The summed E-state index contributed by atoms with van der Waals surface area (Å²) < 4.78 is 8.17. The van der Waals surface area contributed by atoms with E-state index in [2.05, 4.69) is 4.99 Å². The van der Waals surface area contributed by atoms with Gasteiger partial charge in [0.1, 0.15) is 16.9 Å². The van der Waals surface area contributed by atoms with E-state index in [0.29, 0.717) is 18.6 Å². The number of fused-ring (bicyclic) bond motifs is 2. The Balaban J connectivity index is 2.08. The quantitative estimate of drug-likeness (QED) is 0.175. The largest absolute Gasteiger partial charge is 0.462 e. The van der Waals surface area contributed by atoms with Gasteiger partial charge in [0, 0.05) is 30.4 Å². The lowest BCUT2D eigenvalue weighted by molar-refractivity contribution is -0.384. The molecule has 0 saturated heterocycles. The van der Waals surface area contributed by atoms with Gasteiger partial charge in [-0.05, 0) is 50.1 Å². The van der Waals surface area contributed by atoms with E-state index in [1.165, 1.54) is 34.7 Å². The van der Waals surface area contributed by atoms with E-state index in [0.717, 1.165) is 5.56 Å². The van der Waals surface area contributed by atoms with Crippen LogP contribution >= 0.6 is 0 Å². The number of non-ortho nitro benzene ring substituents is 1. The third-order valence-electron chi connectivity index (χ3n) is 5.58. The summed E-state index contributed by atoms with van der Waals surface area (Å²) in [4.78, 5) is 58.7. The van der Waals surface area contributed by atoms with Gasteiger partial charge in [0.05, 0.1) is 16.9 Å². The number of nitrogens with zero attached hydrogens (tertiary/aromatic N) is 5. The molecule has 0 spiro atoms. The van der Waals surface area contributed by atoms with Crippen LogP contribution < -0.4 is 11.0 Å². The average molecular weight is 489 g/mol. The van der Waals surface area contributed by atoms with Crippen LogP contribution in [0.25, 0.3) is 16.7 Å². The van der Waals surface area contributed by atoms with Crippen LogP contribution in [0, 0.1) is 17.0 Å². The molecular formula is C25H23N5O6. The van der Waals surface area contributed by atoms with Crippen molar-refractivity contribution in [2.75, 3.05) is 6.61 Å². The number of esters is 1. The van der Waals surface area contributed by atoms with Gasteiger partial charge in [0.2, 0.25) is 0 Å². The predicted molar refractivity (Wildman–Crippen MR) is 131 cm³/mol. The van der Waals surface area contributed by atoms with E-state index in [1.54, 1.807) is 23.8 Å². The highest BCUT2D eigenvalue weighted by Gasteiger charge is 2.20. The maximum absolute atomic E-state index is 13.4. The second-order valence-electron chi connectivity index (χ2n) is 8.01. The number of hydrogen-bond donors (Lipinski definition) is 0. The van der Waals surface area contributed by atoms with Crippen molar-refractivity contribution in [2.24, 2.45) is 4.99 Å². The summed E-state index contributed by atoms with van der Waals surface area (Å²) in [6.45, 7) is 5.76.